The van der Waals surface area contributed by atoms with E-state index < -0.39 is 0 Å². The van der Waals surface area contributed by atoms with Gasteiger partial charge in [-0.25, -0.2) is 0 Å². The topological polar surface area (TPSA) is 52.6 Å². The minimum Gasteiger partial charge on any atom is -0.508 e. The highest BCUT2D eigenvalue weighted by atomic mass is 16.3. The molecule has 2 N–H and O–H groups in total. The monoisotopic (exact) mass is 336 g/mol. The van der Waals surface area contributed by atoms with Gasteiger partial charge in [0, 0.05) is 25.2 Å². The van der Waals surface area contributed by atoms with E-state index in [9.17, 15) is 9.90 Å². The largest absolute Gasteiger partial charge is 0.508 e. The van der Waals surface area contributed by atoms with Crippen LogP contribution in [0.5, 0.6) is 5.75 Å². The molecule has 4 heteroatoms. The van der Waals surface area contributed by atoms with Gasteiger partial charge in [-0.1, -0.05) is 36.9 Å². The molecule has 4 nitrogen and oxygen atoms in total. The molecule has 1 aliphatic heterocycles. The van der Waals surface area contributed by atoms with Crippen molar-refractivity contribution in [3.8, 4) is 5.75 Å². The van der Waals surface area contributed by atoms with Gasteiger partial charge in [0.25, 0.3) is 5.91 Å². The molecule has 130 valence electrons. The van der Waals surface area contributed by atoms with Gasteiger partial charge in [0.15, 0.2) is 0 Å². The van der Waals surface area contributed by atoms with Crippen LogP contribution in [0.15, 0.2) is 55.1 Å². The highest BCUT2D eigenvalue weighted by molar-refractivity contribution is 5.94. The molecule has 0 saturated carbocycles. The minimum absolute atomic E-state index is 0.0259. The summed E-state index contributed by atoms with van der Waals surface area (Å²) < 4.78 is 0. The molecule has 1 heterocycles. The predicted molar refractivity (Wildman–Crippen MR) is 100 cm³/mol. The molecule has 2 aromatic carbocycles. The van der Waals surface area contributed by atoms with E-state index in [0.717, 1.165) is 37.2 Å². The number of nitrogens with one attached hydrogen (secondary N) is 1. The summed E-state index contributed by atoms with van der Waals surface area (Å²) in [5, 5.41) is 12.6. The molecule has 1 unspecified atom stereocenters. The summed E-state index contributed by atoms with van der Waals surface area (Å²) in [4.78, 5) is 14.6. The van der Waals surface area contributed by atoms with Crippen LogP contribution in [0, 0.1) is 5.92 Å². The van der Waals surface area contributed by atoms with Gasteiger partial charge in [0.05, 0.1) is 0 Å². The van der Waals surface area contributed by atoms with Gasteiger partial charge in [0.1, 0.15) is 5.75 Å². The maximum atomic E-state index is 12.2. The number of aromatic hydroxyl groups is 1. The Balaban J connectivity index is 1.46. The number of phenols is 1. The third-order valence-electron chi connectivity index (χ3n) is 4.65. The van der Waals surface area contributed by atoms with Crippen LogP contribution in [0.2, 0.25) is 0 Å². The lowest BCUT2D eigenvalue weighted by Gasteiger charge is -2.16. The van der Waals surface area contributed by atoms with Crippen LogP contribution in [-0.2, 0) is 6.54 Å². The molecule has 1 aliphatic rings. The lowest BCUT2D eigenvalue weighted by atomic mass is 10.1. The number of carbonyl (C=O) groups is 1. The van der Waals surface area contributed by atoms with Crippen molar-refractivity contribution < 1.29 is 9.90 Å². The Labute approximate surface area is 148 Å². The molecule has 1 amide bonds. The average molecular weight is 336 g/mol. The van der Waals surface area contributed by atoms with Crippen molar-refractivity contribution in [1.29, 1.82) is 0 Å². The second-order valence-electron chi connectivity index (χ2n) is 6.60. The van der Waals surface area contributed by atoms with Crippen molar-refractivity contribution in [2.45, 2.75) is 13.0 Å². The van der Waals surface area contributed by atoms with Gasteiger partial charge in [0.2, 0.25) is 0 Å². The second kappa shape index (κ2) is 7.99. The van der Waals surface area contributed by atoms with Crippen molar-refractivity contribution in [3.05, 3.63) is 71.8 Å². The van der Waals surface area contributed by atoms with Crippen LogP contribution in [0.1, 0.15) is 27.9 Å². The number of carbonyl (C=O) groups excluding carboxylic acids is 1. The molecule has 1 fully saturated rings. The maximum absolute atomic E-state index is 12.2. The van der Waals surface area contributed by atoms with Gasteiger partial charge in [-0.3, -0.25) is 9.69 Å². The molecule has 25 heavy (non-hydrogen) atoms. The summed E-state index contributed by atoms with van der Waals surface area (Å²) in [5.74, 6) is 0.749. The number of hydrogen-bond donors (Lipinski definition) is 2. The van der Waals surface area contributed by atoms with Gasteiger partial charge < -0.3 is 10.4 Å². The smallest absolute Gasteiger partial charge is 0.251 e. The Kier molecular flexibility index (Phi) is 5.51. The first-order valence-electron chi connectivity index (χ1n) is 8.65. The van der Waals surface area contributed by atoms with Crippen LogP contribution in [0.3, 0.4) is 0 Å². The molecule has 0 aliphatic carbocycles. The van der Waals surface area contributed by atoms with E-state index in [2.05, 4.69) is 16.8 Å². The molecular formula is C21H24N2O2. The first-order chi connectivity index (χ1) is 12.1. The van der Waals surface area contributed by atoms with E-state index in [1.54, 1.807) is 12.1 Å². The van der Waals surface area contributed by atoms with Gasteiger partial charge in [-0.2, -0.15) is 0 Å². The van der Waals surface area contributed by atoms with E-state index in [1.807, 2.05) is 42.5 Å². The van der Waals surface area contributed by atoms with Crippen molar-refractivity contribution in [2.75, 3.05) is 19.6 Å². The fraction of sp³-hybridized carbons (Fsp3) is 0.286. The van der Waals surface area contributed by atoms with E-state index in [4.69, 9.17) is 0 Å². The predicted octanol–water partition coefficient (Wildman–Crippen LogP) is 3.29. The van der Waals surface area contributed by atoms with Crippen LogP contribution in [0.4, 0.5) is 0 Å². The average Bonchev–Trinajstić information content (AvgIpc) is 3.07. The zero-order valence-corrected chi connectivity index (χ0v) is 14.3. The highest BCUT2D eigenvalue weighted by Gasteiger charge is 2.23. The van der Waals surface area contributed by atoms with Gasteiger partial charge in [-0.05, 0) is 54.3 Å². The number of rotatable bonds is 6. The van der Waals surface area contributed by atoms with E-state index in [1.165, 1.54) is 0 Å². The maximum Gasteiger partial charge on any atom is 0.251 e. The lowest BCUT2D eigenvalue weighted by molar-refractivity contribution is 0.0947. The summed E-state index contributed by atoms with van der Waals surface area (Å²) in [7, 11) is 0. The molecule has 0 bridgehead atoms. The Bertz CT molecular complexity index is 740. The molecule has 3 rings (SSSR count). The fourth-order valence-corrected chi connectivity index (χ4v) is 3.25. The van der Waals surface area contributed by atoms with Crippen molar-refractivity contribution in [2.24, 2.45) is 5.92 Å². The molecule has 0 aromatic heterocycles. The third-order valence-corrected chi connectivity index (χ3v) is 4.65. The fourth-order valence-electron chi connectivity index (χ4n) is 3.25. The Morgan fingerprint density at radius 2 is 2.08 bits per heavy atom. The Hall–Kier alpha value is -2.59. The van der Waals surface area contributed by atoms with Crippen LogP contribution in [0.25, 0.3) is 6.08 Å². The lowest BCUT2D eigenvalue weighted by Crippen LogP contribution is -2.30. The third kappa shape index (κ3) is 4.70. The normalized spacial score (nSPS) is 17.4. The molecule has 1 saturated heterocycles. The highest BCUT2D eigenvalue weighted by Crippen LogP contribution is 2.20. The SMILES string of the molecule is C=Cc1ccc(C(=O)NCC2CCN(Cc3cccc(O)c3)C2)cc1. The van der Waals surface area contributed by atoms with Crippen LogP contribution < -0.4 is 5.32 Å². The molecular weight excluding hydrogens is 312 g/mol. The molecule has 0 radical (unpaired) electrons. The zero-order valence-electron chi connectivity index (χ0n) is 14.3. The summed E-state index contributed by atoms with van der Waals surface area (Å²) in [6, 6.07) is 14.8. The minimum atomic E-state index is -0.0259. The van der Waals surface area contributed by atoms with Crippen molar-refractivity contribution in [3.63, 3.8) is 0 Å². The van der Waals surface area contributed by atoms with E-state index >= 15 is 0 Å². The summed E-state index contributed by atoms with van der Waals surface area (Å²) >= 11 is 0. The van der Waals surface area contributed by atoms with Gasteiger partial charge >= 0.3 is 0 Å². The molecule has 2 aromatic rings. The summed E-state index contributed by atoms with van der Waals surface area (Å²) in [6.45, 7) is 7.23. The van der Waals surface area contributed by atoms with Crippen LogP contribution >= 0.6 is 0 Å². The summed E-state index contributed by atoms with van der Waals surface area (Å²) in [6.07, 6.45) is 2.84. The van der Waals surface area contributed by atoms with Gasteiger partial charge in [-0.15, -0.1) is 0 Å². The molecule has 1 atom stereocenters. The quantitative estimate of drug-likeness (QED) is 0.851. The second-order valence-corrected chi connectivity index (χ2v) is 6.60. The number of nitrogens with zero attached hydrogens (tertiary/aromatic N) is 1. The van der Waals surface area contributed by atoms with Crippen molar-refractivity contribution >= 4 is 12.0 Å². The number of amides is 1. The Morgan fingerprint density at radius 1 is 1.28 bits per heavy atom. The first kappa shape index (κ1) is 17.2. The Morgan fingerprint density at radius 3 is 2.80 bits per heavy atom. The number of benzene rings is 2. The standard InChI is InChI=1S/C21H24N2O2/c1-2-16-6-8-19(9-7-16)21(25)22-13-18-10-11-23(15-18)14-17-4-3-5-20(24)12-17/h2-9,12,18,24H,1,10-11,13-15H2,(H,22,25). The number of hydrogen-bond acceptors (Lipinski definition) is 3. The molecule has 0 spiro atoms. The van der Waals surface area contributed by atoms with Crippen LogP contribution in [-0.4, -0.2) is 35.5 Å². The number of likely N-dealkylation sites (tertiary alicyclic amines) is 1. The summed E-state index contributed by atoms with van der Waals surface area (Å²) in [5.41, 5.74) is 2.81. The van der Waals surface area contributed by atoms with Crippen molar-refractivity contribution in [1.82, 2.24) is 10.2 Å². The first-order valence-corrected chi connectivity index (χ1v) is 8.65. The van der Waals surface area contributed by atoms with E-state index in [0.29, 0.717) is 23.8 Å². The number of phenolic OH excluding ortho intramolecular Hbond substituents is 1. The zero-order chi connectivity index (χ0) is 17.6. The van der Waals surface area contributed by atoms with E-state index in [-0.39, 0.29) is 5.91 Å².